The van der Waals surface area contributed by atoms with Crippen LogP contribution in [0.1, 0.15) is 15.2 Å². The van der Waals surface area contributed by atoms with Gasteiger partial charge in [0, 0.05) is 6.54 Å². The van der Waals surface area contributed by atoms with Crippen molar-refractivity contribution >= 4 is 28.9 Å². The van der Waals surface area contributed by atoms with Gasteiger partial charge in [0.1, 0.15) is 6.04 Å². The minimum absolute atomic E-state index is 0.155. The zero-order chi connectivity index (χ0) is 18.5. The Morgan fingerprint density at radius 2 is 2.00 bits per heavy atom. The Morgan fingerprint density at radius 1 is 1.19 bits per heavy atom. The number of rotatable bonds is 7. The van der Waals surface area contributed by atoms with E-state index in [0.717, 1.165) is 16.9 Å². The normalized spacial score (nSPS) is 13.1. The molecule has 26 heavy (non-hydrogen) atoms. The molecule has 1 unspecified atom stereocenters. The molecule has 3 N–H and O–H groups in total. The molecule has 2 aromatic rings. The lowest BCUT2D eigenvalue weighted by atomic mass is 10.2. The van der Waals surface area contributed by atoms with Gasteiger partial charge < -0.3 is 25.2 Å². The molecule has 8 nitrogen and oxygen atoms in total. The van der Waals surface area contributed by atoms with Crippen molar-refractivity contribution in [3.63, 3.8) is 0 Å². The predicted octanol–water partition coefficient (Wildman–Crippen LogP) is 0.453. The molecule has 1 aliphatic heterocycles. The van der Waals surface area contributed by atoms with Crippen molar-refractivity contribution in [1.29, 1.82) is 0 Å². The Morgan fingerprint density at radius 3 is 2.73 bits per heavy atom. The molecule has 3 rings (SSSR count). The monoisotopic (exact) mass is 376 g/mol. The number of benzene rings is 1. The van der Waals surface area contributed by atoms with Crippen molar-refractivity contribution in [2.75, 3.05) is 13.4 Å². The highest BCUT2D eigenvalue weighted by Gasteiger charge is 2.25. The minimum atomic E-state index is -1.22. The number of aliphatic hydroxyl groups is 1. The van der Waals surface area contributed by atoms with Gasteiger partial charge in [0.05, 0.1) is 11.5 Å². The Labute approximate surface area is 152 Å². The molecular formula is C17H16N2O6S. The topological polar surface area (TPSA) is 114 Å². The zero-order valence-electron chi connectivity index (χ0n) is 13.6. The van der Waals surface area contributed by atoms with Crippen molar-refractivity contribution in [2.24, 2.45) is 0 Å². The number of amides is 2. The van der Waals surface area contributed by atoms with Gasteiger partial charge in [-0.3, -0.25) is 14.4 Å². The molecule has 1 aliphatic rings. The van der Waals surface area contributed by atoms with Crippen LogP contribution in [0.25, 0.3) is 0 Å². The lowest BCUT2D eigenvalue weighted by Gasteiger charge is -2.15. The Balaban J connectivity index is 1.55. The average Bonchev–Trinajstić information content (AvgIpc) is 3.34. The van der Waals surface area contributed by atoms with Crippen molar-refractivity contribution in [3.05, 3.63) is 46.2 Å². The van der Waals surface area contributed by atoms with Crippen molar-refractivity contribution in [3.8, 4) is 11.5 Å². The summed E-state index contributed by atoms with van der Waals surface area (Å²) in [6.07, 6.45) is 0. The van der Waals surface area contributed by atoms with E-state index in [0.29, 0.717) is 11.5 Å². The van der Waals surface area contributed by atoms with Crippen LogP contribution in [0.4, 0.5) is 0 Å². The van der Waals surface area contributed by atoms with Crippen molar-refractivity contribution in [1.82, 2.24) is 10.6 Å². The summed E-state index contributed by atoms with van der Waals surface area (Å²) in [4.78, 5) is 36.3. The summed E-state index contributed by atoms with van der Waals surface area (Å²) in [5.41, 5.74) is 0.764. The molecule has 0 bridgehead atoms. The van der Waals surface area contributed by atoms with Crippen LogP contribution in [0, 0.1) is 0 Å². The fraction of sp³-hybridized carbons (Fsp3) is 0.235. The quantitative estimate of drug-likeness (QED) is 0.478. The molecule has 2 heterocycles. The molecular weight excluding hydrogens is 360 g/mol. The van der Waals surface area contributed by atoms with Gasteiger partial charge in [0.15, 0.2) is 11.5 Å². The number of Topliss-reactive ketones (excluding diaryl/α,β-unsaturated/α-hetero) is 1. The number of thiophene rings is 1. The van der Waals surface area contributed by atoms with E-state index in [1.165, 1.54) is 6.07 Å². The standard InChI is InChI=1S/C17H16N2O6S/c20-8-11(19-17(23)15(21)14-2-1-5-26-14)16(22)18-7-10-3-4-12-13(6-10)25-9-24-12/h1-6,11,20H,7-9H2,(H,18,22)(H,19,23). The first-order valence-corrected chi connectivity index (χ1v) is 8.62. The fourth-order valence-electron chi connectivity index (χ4n) is 2.30. The largest absolute Gasteiger partial charge is 0.454 e. The molecule has 136 valence electrons. The SMILES string of the molecule is O=C(NC(CO)C(=O)NCc1ccc2c(c1)OCO2)C(=O)c1cccs1. The highest BCUT2D eigenvalue weighted by atomic mass is 32.1. The minimum Gasteiger partial charge on any atom is -0.454 e. The predicted molar refractivity (Wildman–Crippen MR) is 92.1 cm³/mol. The van der Waals surface area contributed by atoms with Crippen LogP contribution in [-0.2, 0) is 16.1 Å². The lowest BCUT2D eigenvalue weighted by molar-refractivity contribution is -0.128. The molecule has 0 spiro atoms. The first-order valence-electron chi connectivity index (χ1n) is 7.74. The fourth-order valence-corrected chi connectivity index (χ4v) is 2.96. The highest BCUT2D eigenvalue weighted by Crippen LogP contribution is 2.32. The van der Waals surface area contributed by atoms with Crippen LogP contribution >= 0.6 is 11.3 Å². The smallest absolute Gasteiger partial charge is 0.293 e. The number of ketones is 1. The number of aliphatic hydroxyl groups excluding tert-OH is 1. The lowest BCUT2D eigenvalue weighted by Crippen LogP contribution is -2.50. The van der Waals surface area contributed by atoms with Gasteiger partial charge in [0.25, 0.3) is 11.7 Å². The number of nitrogens with one attached hydrogen (secondary N) is 2. The van der Waals surface area contributed by atoms with Crippen LogP contribution in [0.15, 0.2) is 35.7 Å². The summed E-state index contributed by atoms with van der Waals surface area (Å²) in [5.74, 6) is -1.07. The van der Waals surface area contributed by atoms with Gasteiger partial charge in [-0.25, -0.2) is 0 Å². The molecule has 9 heteroatoms. The summed E-state index contributed by atoms with van der Waals surface area (Å²) < 4.78 is 10.5. The van der Waals surface area contributed by atoms with Crippen LogP contribution in [0.2, 0.25) is 0 Å². The third-order valence-electron chi connectivity index (χ3n) is 3.66. The Kier molecular flexibility index (Phi) is 5.49. The van der Waals surface area contributed by atoms with Crippen LogP contribution in [0.5, 0.6) is 11.5 Å². The molecule has 1 aromatic carbocycles. The van der Waals surface area contributed by atoms with Crippen molar-refractivity contribution in [2.45, 2.75) is 12.6 Å². The van der Waals surface area contributed by atoms with Gasteiger partial charge in [-0.2, -0.15) is 0 Å². The van der Waals surface area contributed by atoms with Gasteiger partial charge in [-0.1, -0.05) is 12.1 Å². The van der Waals surface area contributed by atoms with E-state index in [9.17, 15) is 19.5 Å². The van der Waals surface area contributed by atoms with E-state index in [2.05, 4.69) is 10.6 Å². The first kappa shape index (κ1) is 17.9. The molecule has 0 saturated carbocycles. The molecule has 0 fully saturated rings. The number of hydrogen-bond acceptors (Lipinski definition) is 7. The summed E-state index contributed by atoms with van der Waals surface area (Å²) in [6, 6.07) is 7.17. The van der Waals surface area contributed by atoms with E-state index in [1.54, 1.807) is 29.6 Å². The molecule has 1 atom stereocenters. The second-order valence-corrected chi connectivity index (χ2v) is 6.37. The third kappa shape index (κ3) is 4.01. The zero-order valence-corrected chi connectivity index (χ0v) is 14.4. The highest BCUT2D eigenvalue weighted by molar-refractivity contribution is 7.13. The van der Waals surface area contributed by atoms with Crippen LogP contribution in [0.3, 0.4) is 0 Å². The summed E-state index contributed by atoms with van der Waals surface area (Å²) in [7, 11) is 0. The van der Waals surface area contributed by atoms with E-state index >= 15 is 0 Å². The summed E-state index contributed by atoms with van der Waals surface area (Å²) in [6.45, 7) is -0.306. The second-order valence-electron chi connectivity index (χ2n) is 5.42. The maximum Gasteiger partial charge on any atom is 0.293 e. The van der Waals surface area contributed by atoms with E-state index in [-0.39, 0.29) is 18.2 Å². The van der Waals surface area contributed by atoms with Crippen molar-refractivity contribution < 1.29 is 29.0 Å². The Hall–Kier alpha value is -2.91. The number of ether oxygens (including phenoxy) is 2. The molecule has 0 saturated heterocycles. The third-order valence-corrected chi connectivity index (χ3v) is 4.53. The molecule has 2 amide bonds. The maximum atomic E-state index is 12.2. The maximum absolute atomic E-state index is 12.2. The first-order chi connectivity index (χ1) is 12.6. The number of carbonyl (C=O) groups is 3. The van der Waals surface area contributed by atoms with Crippen LogP contribution in [-0.4, -0.2) is 42.1 Å². The summed E-state index contributed by atoms with van der Waals surface area (Å²) >= 11 is 1.12. The van der Waals surface area contributed by atoms with E-state index in [4.69, 9.17) is 9.47 Å². The van der Waals surface area contributed by atoms with Gasteiger partial charge in [-0.15, -0.1) is 11.3 Å². The molecule has 0 radical (unpaired) electrons. The van der Waals surface area contributed by atoms with Gasteiger partial charge in [0.2, 0.25) is 12.7 Å². The number of carbonyl (C=O) groups excluding carboxylic acids is 3. The Bertz CT molecular complexity index is 821. The van der Waals surface area contributed by atoms with Gasteiger partial charge >= 0.3 is 0 Å². The second kappa shape index (κ2) is 7.98. The molecule has 1 aromatic heterocycles. The van der Waals surface area contributed by atoms with Gasteiger partial charge in [-0.05, 0) is 29.1 Å². The van der Waals surface area contributed by atoms with E-state index < -0.39 is 30.2 Å². The van der Waals surface area contributed by atoms with Crippen LogP contribution < -0.4 is 20.1 Å². The average molecular weight is 376 g/mol. The summed E-state index contributed by atoms with van der Waals surface area (Å²) in [5, 5.41) is 15.9. The number of fused-ring (bicyclic) bond motifs is 1. The molecule has 0 aliphatic carbocycles. The number of hydrogen-bond donors (Lipinski definition) is 3. The van der Waals surface area contributed by atoms with E-state index in [1.807, 2.05) is 0 Å².